The van der Waals surface area contributed by atoms with Crippen molar-refractivity contribution in [2.75, 3.05) is 19.8 Å². The van der Waals surface area contributed by atoms with Crippen molar-refractivity contribution in [3.8, 4) is 0 Å². The fraction of sp³-hybridized carbons (Fsp3) is 0.920. The molecule has 30 heavy (non-hydrogen) atoms. The summed E-state index contributed by atoms with van der Waals surface area (Å²) in [6, 6.07) is 0. The van der Waals surface area contributed by atoms with E-state index in [0.29, 0.717) is 26.2 Å². The maximum atomic E-state index is 11.7. The van der Waals surface area contributed by atoms with Gasteiger partial charge in [0.1, 0.15) is 0 Å². The quantitative estimate of drug-likeness (QED) is 0.145. The molecule has 5 heteroatoms. The summed E-state index contributed by atoms with van der Waals surface area (Å²) in [5.74, 6) is -0.0944. The molecule has 178 valence electrons. The van der Waals surface area contributed by atoms with E-state index in [2.05, 4.69) is 12.2 Å². The van der Waals surface area contributed by atoms with Gasteiger partial charge < -0.3 is 14.8 Å². The number of esters is 1. The zero-order chi connectivity index (χ0) is 22.1. The lowest BCUT2D eigenvalue weighted by molar-refractivity contribution is -0.143. The van der Waals surface area contributed by atoms with Crippen LogP contribution in [0.5, 0.6) is 0 Å². The van der Waals surface area contributed by atoms with Gasteiger partial charge >= 0.3 is 12.1 Å². The van der Waals surface area contributed by atoms with Crippen LogP contribution in [-0.4, -0.2) is 31.8 Å². The Hall–Kier alpha value is -1.26. The van der Waals surface area contributed by atoms with E-state index in [1.165, 1.54) is 77.0 Å². The molecular weight excluding hydrogens is 378 g/mol. The Balaban J connectivity index is 3.18. The van der Waals surface area contributed by atoms with E-state index in [4.69, 9.17) is 9.47 Å². The van der Waals surface area contributed by atoms with Crippen LogP contribution in [0.2, 0.25) is 0 Å². The van der Waals surface area contributed by atoms with E-state index < -0.39 is 0 Å². The van der Waals surface area contributed by atoms with Gasteiger partial charge in [0, 0.05) is 13.0 Å². The minimum Gasteiger partial charge on any atom is -0.466 e. The van der Waals surface area contributed by atoms with Gasteiger partial charge in [0.15, 0.2) is 0 Å². The fourth-order valence-electron chi connectivity index (χ4n) is 3.50. The van der Waals surface area contributed by atoms with Crippen LogP contribution in [0.1, 0.15) is 129 Å². The third-order valence-corrected chi connectivity index (χ3v) is 5.36. The van der Waals surface area contributed by atoms with Crippen LogP contribution in [0.25, 0.3) is 0 Å². The molecule has 0 aliphatic heterocycles. The highest BCUT2D eigenvalue weighted by molar-refractivity contribution is 5.69. The summed E-state index contributed by atoms with van der Waals surface area (Å²) in [4.78, 5) is 22.8. The predicted molar refractivity (Wildman–Crippen MR) is 125 cm³/mol. The molecule has 0 aliphatic carbocycles. The van der Waals surface area contributed by atoms with Crippen molar-refractivity contribution in [2.45, 2.75) is 129 Å². The second-order valence-corrected chi connectivity index (χ2v) is 8.27. The maximum absolute atomic E-state index is 11.7. The molecule has 0 fully saturated rings. The first-order valence-corrected chi connectivity index (χ1v) is 12.8. The Bertz CT molecular complexity index is 387. The van der Waals surface area contributed by atoms with Gasteiger partial charge in [-0.05, 0) is 26.2 Å². The van der Waals surface area contributed by atoms with Crippen molar-refractivity contribution < 1.29 is 19.1 Å². The molecule has 0 saturated carbocycles. The molecule has 0 bridgehead atoms. The Labute approximate surface area is 186 Å². The lowest BCUT2D eigenvalue weighted by Crippen LogP contribution is -2.25. The number of hydrogen-bond acceptors (Lipinski definition) is 4. The molecule has 0 aromatic rings. The van der Waals surface area contributed by atoms with Crippen molar-refractivity contribution in [3.63, 3.8) is 0 Å². The summed E-state index contributed by atoms with van der Waals surface area (Å²) in [6.07, 6.45) is 21.3. The third-order valence-electron chi connectivity index (χ3n) is 5.36. The number of unbranched alkanes of at least 4 members (excludes halogenated alkanes) is 15. The monoisotopic (exact) mass is 427 g/mol. The van der Waals surface area contributed by atoms with E-state index in [9.17, 15) is 9.59 Å². The van der Waals surface area contributed by atoms with Gasteiger partial charge in [0.25, 0.3) is 0 Å². The van der Waals surface area contributed by atoms with E-state index in [1.807, 2.05) is 0 Å². The van der Waals surface area contributed by atoms with E-state index in [-0.39, 0.29) is 12.1 Å². The van der Waals surface area contributed by atoms with Crippen molar-refractivity contribution in [1.29, 1.82) is 0 Å². The summed E-state index contributed by atoms with van der Waals surface area (Å²) in [7, 11) is 0. The molecule has 0 aromatic heterocycles. The number of hydrogen-bond donors (Lipinski definition) is 1. The summed E-state index contributed by atoms with van der Waals surface area (Å²) in [6.45, 7) is 5.59. The minimum atomic E-state index is -0.370. The van der Waals surface area contributed by atoms with Crippen LogP contribution in [0.15, 0.2) is 0 Å². The molecule has 0 radical (unpaired) electrons. The highest BCUT2D eigenvalue weighted by Gasteiger charge is 2.03. The average molecular weight is 428 g/mol. The first kappa shape index (κ1) is 28.7. The van der Waals surface area contributed by atoms with Crippen LogP contribution >= 0.6 is 0 Å². The maximum Gasteiger partial charge on any atom is 0.407 e. The van der Waals surface area contributed by atoms with E-state index in [0.717, 1.165) is 32.1 Å². The van der Waals surface area contributed by atoms with Crippen LogP contribution in [0, 0.1) is 0 Å². The van der Waals surface area contributed by atoms with Gasteiger partial charge in [-0.1, -0.05) is 96.8 Å². The van der Waals surface area contributed by atoms with Gasteiger partial charge in [0.05, 0.1) is 13.2 Å². The van der Waals surface area contributed by atoms with Crippen LogP contribution in [0.4, 0.5) is 4.79 Å². The van der Waals surface area contributed by atoms with E-state index in [1.54, 1.807) is 6.92 Å². The fourth-order valence-corrected chi connectivity index (χ4v) is 3.50. The van der Waals surface area contributed by atoms with Crippen LogP contribution in [0.3, 0.4) is 0 Å². The molecule has 0 rings (SSSR count). The van der Waals surface area contributed by atoms with Crippen molar-refractivity contribution in [2.24, 2.45) is 0 Å². The Morgan fingerprint density at radius 3 is 1.63 bits per heavy atom. The van der Waals surface area contributed by atoms with Crippen molar-refractivity contribution >= 4 is 12.1 Å². The second-order valence-electron chi connectivity index (χ2n) is 8.27. The summed E-state index contributed by atoms with van der Waals surface area (Å²) in [5.41, 5.74) is 0. The van der Waals surface area contributed by atoms with Gasteiger partial charge in [-0.3, -0.25) is 4.79 Å². The standard InChI is InChI=1S/C25H49NO4/c1-3-5-6-7-8-9-10-11-12-13-14-15-16-20-23-30-24(27)21-18-17-19-22-26-25(28)29-4-2/h3-23H2,1-2H3,(H,26,28). The number of ether oxygens (including phenoxy) is 2. The Morgan fingerprint density at radius 1 is 0.600 bits per heavy atom. The summed E-state index contributed by atoms with van der Waals surface area (Å²) >= 11 is 0. The van der Waals surface area contributed by atoms with E-state index >= 15 is 0 Å². The van der Waals surface area contributed by atoms with Gasteiger partial charge in [0.2, 0.25) is 0 Å². The number of carbonyl (C=O) groups is 2. The van der Waals surface area contributed by atoms with Gasteiger partial charge in [-0.15, -0.1) is 0 Å². The second kappa shape index (κ2) is 24.0. The molecule has 1 N–H and O–H groups in total. The molecule has 0 spiro atoms. The number of alkyl carbamates (subject to hydrolysis) is 1. The molecule has 0 atom stereocenters. The zero-order valence-corrected chi connectivity index (χ0v) is 20.0. The predicted octanol–water partition coefficient (Wildman–Crippen LogP) is 7.32. The number of nitrogens with one attached hydrogen (secondary N) is 1. The third kappa shape index (κ3) is 23.0. The molecule has 5 nitrogen and oxygen atoms in total. The normalized spacial score (nSPS) is 10.7. The first-order chi connectivity index (χ1) is 14.7. The molecule has 0 unspecified atom stereocenters. The highest BCUT2D eigenvalue weighted by atomic mass is 16.5. The highest BCUT2D eigenvalue weighted by Crippen LogP contribution is 2.13. The Morgan fingerprint density at radius 2 is 1.10 bits per heavy atom. The Kier molecular flexibility index (Phi) is 23.0. The van der Waals surface area contributed by atoms with Crippen molar-refractivity contribution in [3.05, 3.63) is 0 Å². The molecule has 1 amide bonds. The van der Waals surface area contributed by atoms with Crippen LogP contribution < -0.4 is 5.32 Å². The minimum absolute atomic E-state index is 0.0944. The molecule has 0 heterocycles. The number of rotatable bonds is 22. The smallest absolute Gasteiger partial charge is 0.407 e. The number of carbonyl (C=O) groups excluding carboxylic acids is 2. The lowest BCUT2D eigenvalue weighted by atomic mass is 10.0. The SMILES string of the molecule is CCCCCCCCCCCCCCCCOC(=O)CCCCCNC(=O)OCC. The molecule has 0 aromatic carbocycles. The molecular formula is C25H49NO4. The first-order valence-electron chi connectivity index (χ1n) is 12.8. The number of amides is 1. The van der Waals surface area contributed by atoms with Gasteiger partial charge in [-0.2, -0.15) is 0 Å². The molecule has 0 aliphatic rings. The van der Waals surface area contributed by atoms with Crippen LogP contribution in [-0.2, 0) is 14.3 Å². The van der Waals surface area contributed by atoms with Gasteiger partial charge in [-0.25, -0.2) is 4.79 Å². The summed E-state index contributed by atoms with van der Waals surface area (Å²) in [5, 5.41) is 2.68. The topological polar surface area (TPSA) is 64.6 Å². The lowest BCUT2D eigenvalue weighted by Gasteiger charge is -2.06. The average Bonchev–Trinajstić information content (AvgIpc) is 2.73. The molecule has 0 saturated heterocycles. The zero-order valence-electron chi connectivity index (χ0n) is 20.0. The summed E-state index contributed by atoms with van der Waals surface area (Å²) < 4.78 is 10.1. The largest absolute Gasteiger partial charge is 0.466 e. The van der Waals surface area contributed by atoms with Crippen molar-refractivity contribution in [1.82, 2.24) is 5.32 Å².